The Morgan fingerprint density at radius 1 is 1.30 bits per heavy atom. The summed E-state index contributed by atoms with van der Waals surface area (Å²) in [7, 11) is 0. The molecular weight excluding hydrogens is 374 g/mol. The van der Waals surface area contributed by atoms with E-state index >= 15 is 0 Å². The number of hydrogen-bond acceptors (Lipinski definition) is 6. The molecule has 0 spiro atoms. The van der Waals surface area contributed by atoms with Crippen LogP contribution >= 0.6 is 11.6 Å². The maximum Gasteiger partial charge on any atom is 0.278 e. The zero-order valence-corrected chi connectivity index (χ0v) is 14.9. The minimum atomic E-state index is -0.610. The predicted molar refractivity (Wildman–Crippen MR) is 98.1 cm³/mol. The van der Waals surface area contributed by atoms with Crippen molar-refractivity contribution in [1.82, 2.24) is 5.16 Å². The number of benzene rings is 2. The van der Waals surface area contributed by atoms with Crippen LogP contribution in [0.15, 0.2) is 53.1 Å². The fourth-order valence-corrected chi connectivity index (χ4v) is 2.48. The third-order valence-electron chi connectivity index (χ3n) is 3.74. The van der Waals surface area contributed by atoms with Crippen LogP contribution in [0.5, 0.6) is 5.75 Å². The average molecular weight is 388 g/mol. The number of nitro groups is 1. The number of anilines is 1. The van der Waals surface area contributed by atoms with Crippen molar-refractivity contribution in [2.24, 2.45) is 0 Å². The van der Waals surface area contributed by atoms with Gasteiger partial charge >= 0.3 is 0 Å². The molecule has 0 saturated carbocycles. The van der Waals surface area contributed by atoms with Crippen LogP contribution in [-0.2, 0) is 6.61 Å². The Labute approximate surface area is 158 Å². The highest BCUT2D eigenvalue weighted by atomic mass is 35.5. The number of ether oxygens (including phenoxy) is 1. The number of non-ortho nitro benzene ring substituents is 1. The number of nitro benzene ring substituents is 1. The second kappa shape index (κ2) is 7.88. The molecule has 0 saturated heterocycles. The second-order valence-corrected chi connectivity index (χ2v) is 5.95. The van der Waals surface area contributed by atoms with Crippen LogP contribution in [0, 0.1) is 17.0 Å². The number of para-hydroxylation sites is 1. The van der Waals surface area contributed by atoms with Gasteiger partial charge in [-0.1, -0.05) is 35.0 Å². The molecule has 0 aliphatic heterocycles. The van der Waals surface area contributed by atoms with E-state index in [2.05, 4.69) is 10.5 Å². The van der Waals surface area contributed by atoms with Gasteiger partial charge in [0.1, 0.15) is 18.1 Å². The maximum atomic E-state index is 12.6. The molecule has 0 aliphatic rings. The number of rotatable bonds is 6. The van der Waals surface area contributed by atoms with E-state index in [1.807, 2.05) is 18.2 Å². The number of nitrogens with one attached hydrogen (secondary N) is 1. The molecule has 138 valence electrons. The van der Waals surface area contributed by atoms with Crippen molar-refractivity contribution in [3.8, 4) is 5.75 Å². The van der Waals surface area contributed by atoms with Crippen molar-refractivity contribution in [3.63, 3.8) is 0 Å². The van der Waals surface area contributed by atoms with Gasteiger partial charge < -0.3 is 14.6 Å². The van der Waals surface area contributed by atoms with Crippen LogP contribution < -0.4 is 10.1 Å². The summed E-state index contributed by atoms with van der Waals surface area (Å²) >= 11 is 6.01. The maximum absolute atomic E-state index is 12.6. The summed E-state index contributed by atoms with van der Waals surface area (Å²) in [5.74, 6) is 0.452. The lowest BCUT2D eigenvalue weighted by molar-refractivity contribution is -0.384. The van der Waals surface area contributed by atoms with E-state index in [9.17, 15) is 14.9 Å². The molecule has 0 radical (unpaired) electrons. The standard InChI is InChI=1S/C18H14ClN3O5/c1-11-14(10-26-13-5-3-2-4-6-13)17(21-27-11)18(23)20-16-9-12(22(24)25)7-8-15(16)19/h2-9H,10H2,1H3,(H,20,23). The molecule has 0 unspecified atom stereocenters. The number of hydrogen-bond donors (Lipinski definition) is 1. The topological polar surface area (TPSA) is 108 Å². The lowest BCUT2D eigenvalue weighted by Gasteiger charge is -2.08. The smallest absolute Gasteiger partial charge is 0.278 e. The normalized spacial score (nSPS) is 10.4. The van der Waals surface area contributed by atoms with Crippen LogP contribution in [0.3, 0.4) is 0 Å². The number of carbonyl (C=O) groups is 1. The van der Waals surface area contributed by atoms with Crippen molar-refractivity contribution in [2.45, 2.75) is 13.5 Å². The quantitative estimate of drug-likeness (QED) is 0.496. The Bertz CT molecular complexity index is 988. The molecule has 0 bridgehead atoms. The lowest BCUT2D eigenvalue weighted by Crippen LogP contribution is -2.16. The zero-order chi connectivity index (χ0) is 19.4. The van der Waals surface area contributed by atoms with Gasteiger partial charge in [0.15, 0.2) is 5.69 Å². The first kappa shape index (κ1) is 18.4. The Balaban J connectivity index is 1.80. The molecule has 3 aromatic rings. The molecule has 0 aliphatic carbocycles. The number of halogens is 1. The zero-order valence-electron chi connectivity index (χ0n) is 14.1. The summed E-state index contributed by atoms with van der Waals surface area (Å²) in [6, 6.07) is 12.8. The Hall–Kier alpha value is -3.39. The largest absolute Gasteiger partial charge is 0.489 e. The van der Waals surface area contributed by atoms with Crippen molar-refractivity contribution in [3.05, 3.63) is 80.7 Å². The molecule has 1 aromatic heterocycles. The van der Waals surface area contributed by atoms with Gasteiger partial charge in [0.2, 0.25) is 0 Å². The van der Waals surface area contributed by atoms with E-state index < -0.39 is 10.8 Å². The first-order valence-electron chi connectivity index (χ1n) is 7.84. The van der Waals surface area contributed by atoms with Crippen molar-refractivity contribution < 1.29 is 19.0 Å². The Morgan fingerprint density at radius 2 is 2.04 bits per heavy atom. The van der Waals surface area contributed by atoms with E-state index in [1.54, 1.807) is 19.1 Å². The van der Waals surface area contributed by atoms with Gasteiger partial charge in [-0.15, -0.1) is 0 Å². The van der Waals surface area contributed by atoms with Crippen LogP contribution in [0.25, 0.3) is 0 Å². The van der Waals surface area contributed by atoms with E-state index in [0.717, 1.165) is 0 Å². The molecule has 27 heavy (non-hydrogen) atoms. The number of carbonyl (C=O) groups excluding carboxylic acids is 1. The summed E-state index contributed by atoms with van der Waals surface area (Å²) in [5.41, 5.74) is 0.397. The number of aromatic nitrogens is 1. The van der Waals surface area contributed by atoms with Crippen molar-refractivity contribution >= 4 is 28.9 Å². The minimum absolute atomic E-state index is 0.0194. The van der Waals surface area contributed by atoms with Gasteiger partial charge in [-0.3, -0.25) is 14.9 Å². The molecule has 1 amide bonds. The highest BCUT2D eigenvalue weighted by Gasteiger charge is 2.22. The Morgan fingerprint density at radius 3 is 2.74 bits per heavy atom. The van der Waals surface area contributed by atoms with Gasteiger partial charge in [-0.25, -0.2) is 0 Å². The SMILES string of the molecule is Cc1onc(C(=O)Nc2cc([N+](=O)[O-])ccc2Cl)c1COc1ccccc1. The summed E-state index contributed by atoms with van der Waals surface area (Å²) in [6.07, 6.45) is 0. The molecule has 8 nitrogen and oxygen atoms in total. The van der Waals surface area contributed by atoms with Crippen LogP contribution in [0.2, 0.25) is 5.02 Å². The number of amides is 1. The molecule has 3 rings (SSSR count). The van der Waals surface area contributed by atoms with E-state index in [1.165, 1.54) is 18.2 Å². The van der Waals surface area contributed by atoms with E-state index in [-0.39, 0.29) is 28.7 Å². The summed E-state index contributed by atoms with van der Waals surface area (Å²) in [6.45, 7) is 1.73. The summed E-state index contributed by atoms with van der Waals surface area (Å²) < 4.78 is 10.8. The molecule has 0 atom stereocenters. The molecule has 9 heteroatoms. The first-order chi connectivity index (χ1) is 13.0. The third-order valence-corrected chi connectivity index (χ3v) is 4.06. The fourth-order valence-electron chi connectivity index (χ4n) is 2.32. The van der Waals surface area contributed by atoms with Crippen LogP contribution in [0.1, 0.15) is 21.8 Å². The molecule has 1 N–H and O–H groups in total. The van der Waals surface area contributed by atoms with Gasteiger partial charge in [0.25, 0.3) is 11.6 Å². The Kier molecular flexibility index (Phi) is 5.37. The third kappa shape index (κ3) is 4.24. The highest BCUT2D eigenvalue weighted by Crippen LogP contribution is 2.27. The van der Waals surface area contributed by atoms with E-state index in [0.29, 0.717) is 17.1 Å². The van der Waals surface area contributed by atoms with Gasteiger partial charge in [-0.05, 0) is 25.1 Å². The molecule has 0 fully saturated rings. The van der Waals surface area contributed by atoms with Gasteiger partial charge in [0, 0.05) is 12.1 Å². The van der Waals surface area contributed by atoms with Crippen molar-refractivity contribution in [1.29, 1.82) is 0 Å². The van der Waals surface area contributed by atoms with Gasteiger partial charge in [0.05, 0.1) is 21.2 Å². The number of nitrogens with zero attached hydrogens (tertiary/aromatic N) is 2. The van der Waals surface area contributed by atoms with Crippen LogP contribution in [-0.4, -0.2) is 16.0 Å². The fraction of sp³-hybridized carbons (Fsp3) is 0.111. The molecule has 1 heterocycles. The lowest BCUT2D eigenvalue weighted by atomic mass is 10.2. The predicted octanol–water partition coefficient (Wildman–Crippen LogP) is 4.38. The molecule has 2 aromatic carbocycles. The number of aryl methyl sites for hydroxylation is 1. The van der Waals surface area contributed by atoms with Gasteiger partial charge in [-0.2, -0.15) is 0 Å². The first-order valence-corrected chi connectivity index (χ1v) is 8.22. The second-order valence-electron chi connectivity index (χ2n) is 5.54. The van der Waals surface area contributed by atoms with Crippen LogP contribution in [0.4, 0.5) is 11.4 Å². The highest BCUT2D eigenvalue weighted by molar-refractivity contribution is 6.34. The van der Waals surface area contributed by atoms with E-state index in [4.69, 9.17) is 20.9 Å². The summed E-state index contributed by atoms with van der Waals surface area (Å²) in [4.78, 5) is 22.9. The molecular formula is C18H14ClN3O5. The minimum Gasteiger partial charge on any atom is -0.489 e. The van der Waals surface area contributed by atoms with Crippen molar-refractivity contribution in [2.75, 3.05) is 5.32 Å². The average Bonchev–Trinajstić information content (AvgIpc) is 3.03. The summed E-state index contributed by atoms with van der Waals surface area (Å²) in [5, 5.41) is 17.4. The monoisotopic (exact) mass is 387 g/mol.